The fourth-order valence-electron chi connectivity index (χ4n) is 1.90. The quantitative estimate of drug-likeness (QED) is 0.564. The maximum Gasteiger partial charge on any atom is 0.573 e. The van der Waals surface area contributed by atoms with Crippen LogP contribution in [-0.2, 0) is 19.1 Å². The molecular weight excluding hydrogens is 359 g/mol. The van der Waals surface area contributed by atoms with Crippen LogP contribution >= 0.6 is 0 Å². The summed E-state index contributed by atoms with van der Waals surface area (Å²) in [6.07, 6.45) is -5.09. The van der Waals surface area contributed by atoms with E-state index in [1.54, 1.807) is 0 Å². The first-order chi connectivity index (χ1) is 12.1. The average molecular weight is 377 g/mol. The molecule has 8 nitrogen and oxygen atoms in total. The number of carbonyl (C=O) groups excluding carboxylic acids is 3. The summed E-state index contributed by atoms with van der Waals surface area (Å²) in [5, 5.41) is 4.74. The average Bonchev–Trinajstić information content (AvgIpc) is 2.58. The number of methoxy groups -OCH3 is 1. The van der Waals surface area contributed by atoms with Gasteiger partial charge < -0.3 is 25.8 Å². The van der Waals surface area contributed by atoms with Crippen molar-refractivity contribution < 1.29 is 37.0 Å². The molecule has 0 aliphatic heterocycles. The van der Waals surface area contributed by atoms with Crippen LogP contribution in [0.1, 0.15) is 18.0 Å². The highest BCUT2D eigenvalue weighted by Crippen LogP contribution is 2.25. The summed E-state index contributed by atoms with van der Waals surface area (Å²) in [6.45, 7) is -0.664. The van der Waals surface area contributed by atoms with Crippen molar-refractivity contribution >= 4 is 17.8 Å². The molecule has 0 spiro atoms. The highest BCUT2D eigenvalue weighted by molar-refractivity contribution is 5.86. The highest BCUT2D eigenvalue weighted by Gasteiger charge is 2.31. The van der Waals surface area contributed by atoms with Crippen LogP contribution in [0.4, 0.5) is 13.2 Å². The van der Waals surface area contributed by atoms with Gasteiger partial charge in [0.2, 0.25) is 11.8 Å². The van der Waals surface area contributed by atoms with Crippen molar-refractivity contribution in [3.8, 4) is 5.75 Å². The second-order valence-electron chi connectivity index (χ2n) is 5.00. The zero-order chi connectivity index (χ0) is 19.7. The molecule has 11 heteroatoms. The molecule has 0 saturated heterocycles. The molecule has 0 aromatic heterocycles. The lowest BCUT2D eigenvalue weighted by Crippen LogP contribution is -2.41. The number of rotatable bonds is 8. The molecule has 0 aliphatic carbocycles. The molecule has 2 amide bonds. The Balaban J connectivity index is 2.83. The van der Waals surface area contributed by atoms with E-state index in [1.165, 1.54) is 12.1 Å². The topological polar surface area (TPSA) is 120 Å². The Hall–Kier alpha value is -2.82. The Morgan fingerprint density at radius 1 is 1.15 bits per heavy atom. The normalized spacial score (nSPS) is 12.0. The molecule has 0 heterocycles. The second kappa shape index (κ2) is 9.61. The fraction of sp³-hybridized carbons (Fsp3) is 0.400. The third kappa shape index (κ3) is 7.83. The SMILES string of the molecule is COC(=O)CC(NC(=O)CNC(=O)CN)c1ccc(OC(F)(F)F)cc1. The molecule has 0 fully saturated rings. The number of nitrogens with one attached hydrogen (secondary N) is 2. The summed E-state index contributed by atoms with van der Waals surface area (Å²) in [5.74, 6) is -2.24. The summed E-state index contributed by atoms with van der Waals surface area (Å²) in [7, 11) is 1.16. The molecule has 0 bridgehead atoms. The number of halogens is 3. The van der Waals surface area contributed by atoms with E-state index in [-0.39, 0.29) is 19.5 Å². The number of carbonyl (C=O) groups is 3. The van der Waals surface area contributed by atoms with E-state index < -0.39 is 35.9 Å². The number of hydrogen-bond acceptors (Lipinski definition) is 6. The molecule has 1 aromatic rings. The van der Waals surface area contributed by atoms with Gasteiger partial charge in [0, 0.05) is 0 Å². The van der Waals surface area contributed by atoms with Gasteiger partial charge in [-0.05, 0) is 17.7 Å². The van der Waals surface area contributed by atoms with Crippen molar-refractivity contribution in [2.75, 3.05) is 20.2 Å². The molecule has 1 atom stereocenters. The predicted octanol–water partition coefficient (Wildman–Crippen LogP) is 0.381. The van der Waals surface area contributed by atoms with Crippen molar-refractivity contribution in [1.29, 1.82) is 0 Å². The minimum Gasteiger partial charge on any atom is -0.469 e. The van der Waals surface area contributed by atoms with Gasteiger partial charge >= 0.3 is 12.3 Å². The van der Waals surface area contributed by atoms with Gasteiger partial charge in [-0.25, -0.2) is 0 Å². The van der Waals surface area contributed by atoms with Crippen LogP contribution in [0.2, 0.25) is 0 Å². The summed E-state index contributed by atoms with van der Waals surface area (Å²) >= 11 is 0. The first-order valence-electron chi connectivity index (χ1n) is 7.33. The lowest BCUT2D eigenvalue weighted by atomic mass is 10.0. The number of ether oxygens (including phenoxy) is 2. The van der Waals surface area contributed by atoms with Crippen LogP contribution < -0.4 is 21.1 Å². The summed E-state index contributed by atoms with van der Waals surface area (Å²) in [4.78, 5) is 34.4. The highest BCUT2D eigenvalue weighted by atomic mass is 19.4. The van der Waals surface area contributed by atoms with Gasteiger partial charge in [0.05, 0.1) is 32.7 Å². The molecule has 0 aliphatic rings. The van der Waals surface area contributed by atoms with Crippen molar-refractivity contribution in [1.82, 2.24) is 10.6 Å². The molecule has 1 aromatic carbocycles. The Morgan fingerprint density at radius 2 is 1.77 bits per heavy atom. The standard InChI is InChI=1S/C15H18F3N3O5/c1-25-14(24)6-11(21-13(23)8-20-12(22)7-19)9-2-4-10(5-3-9)26-15(16,17)18/h2-5,11H,6-8,19H2,1H3,(H,20,22)(H,21,23). The molecule has 0 saturated carbocycles. The maximum atomic E-state index is 12.2. The zero-order valence-corrected chi connectivity index (χ0v) is 13.8. The largest absolute Gasteiger partial charge is 0.573 e. The van der Waals surface area contributed by atoms with E-state index in [0.717, 1.165) is 19.2 Å². The van der Waals surface area contributed by atoms with E-state index in [2.05, 4.69) is 20.1 Å². The lowest BCUT2D eigenvalue weighted by Gasteiger charge is -2.19. The van der Waals surface area contributed by atoms with Crippen LogP contribution in [0.5, 0.6) is 5.75 Å². The third-order valence-electron chi connectivity index (χ3n) is 3.08. The number of benzene rings is 1. The van der Waals surface area contributed by atoms with E-state index in [9.17, 15) is 27.6 Å². The lowest BCUT2D eigenvalue weighted by molar-refractivity contribution is -0.274. The molecule has 4 N–H and O–H groups in total. The molecule has 0 radical (unpaired) electrons. The van der Waals surface area contributed by atoms with E-state index in [4.69, 9.17) is 5.73 Å². The summed E-state index contributed by atoms with van der Waals surface area (Å²) in [6, 6.07) is 3.77. The second-order valence-corrected chi connectivity index (χ2v) is 5.00. The fourth-order valence-corrected chi connectivity index (χ4v) is 1.90. The molecule has 26 heavy (non-hydrogen) atoms. The van der Waals surface area contributed by atoms with Gasteiger partial charge in [-0.15, -0.1) is 13.2 Å². The molecule has 144 valence electrons. The molecular formula is C15H18F3N3O5. The van der Waals surface area contributed by atoms with Gasteiger partial charge in [-0.2, -0.15) is 0 Å². The van der Waals surface area contributed by atoms with Crippen molar-refractivity contribution in [2.45, 2.75) is 18.8 Å². The number of amides is 2. The first kappa shape index (κ1) is 21.2. The van der Waals surface area contributed by atoms with Crippen LogP contribution in [0.15, 0.2) is 24.3 Å². The predicted molar refractivity (Wildman–Crippen MR) is 82.7 cm³/mol. The number of hydrogen-bond donors (Lipinski definition) is 3. The van der Waals surface area contributed by atoms with Gasteiger partial charge in [-0.1, -0.05) is 12.1 Å². The minimum atomic E-state index is -4.83. The Morgan fingerprint density at radius 3 is 2.27 bits per heavy atom. The molecule has 1 rings (SSSR count). The first-order valence-corrected chi connectivity index (χ1v) is 7.33. The van der Waals surface area contributed by atoms with Crippen LogP contribution in [0.3, 0.4) is 0 Å². The van der Waals surface area contributed by atoms with E-state index in [0.29, 0.717) is 5.56 Å². The van der Waals surface area contributed by atoms with Gasteiger partial charge in [-0.3, -0.25) is 14.4 Å². The smallest absolute Gasteiger partial charge is 0.469 e. The van der Waals surface area contributed by atoms with Crippen LogP contribution in [0, 0.1) is 0 Å². The van der Waals surface area contributed by atoms with Gasteiger partial charge in [0.15, 0.2) is 0 Å². The number of esters is 1. The number of alkyl halides is 3. The summed E-state index contributed by atoms with van der Waals surface area (Å²) < 4.78 is 44.9. The van der Waals surface area contributed by atoms with Crippen LogP contribution in [0.25, 0.3) is 0 Å². The van der Waals surface area contributed by atoms with Gasteiger partial charge in [0.25, 0.3) is 0 Å². The van der Waals surface area contributed by atoms with E-state index in [1.807, 2.05) is 0 Å². The van der Waals surface area contributed by atoms with Crippen LogP contribution in [-0.4, -0.2) is 44.3 Å². The molecule has 1 unspecified atom stereocenters. The van der Waals surface area contributed by atoms with E-state index >= 15 is 0 Å². The zero-order valence-electron chi connectivity index (χ0n) is 13.8. The minimum absolute atomic E-state index is 0.257. The Bertz CT molecular complexity index is 634. The summed E-state index contributed by atoms with van der Waals surface area (Å²) in [5.41, 5.74) is 5.45. The van der Waals surface area contributed by atoms with Gasteiger partial charge in [0.1, 0.15) is 5.75 Å². The van der Waals surface area contributed by atoms with Crippen molar-refractivity contribution in [3.63, 3.8) is 0 Å². The third-order valence-corrected chi connectivity index (χ3v) is 3.08. The van der Waals surface area contributed by atoms with Crippen molar-refractivity contribution in [2.24, 2.45) is 5.73 Å². The van der Waals surface area contributed by atoms with Crippen molar-refractivity contribution in [3.05, 3.63) is 29.8 Å². The number of nitrogens with two attached hydrogens (primary N) is 1. The maximum absolute atomic E-state index is 12.2. The Kier molecular flexibility index (Phi) is 7.84. The monoisotopic (exact) mass is 377 g/mol. The Labute approximate surface area is 146 Å².